The standard InChI is InChI=1S/C48H35NO2/c1-2-11-32(12-3-1)35-13-8-14-38(31-35)49(36-27-23-33(24-28-36)39-17-9-19-43-41-15-4-6-21-45(41)50-47(39)43)37-29-25-34(26-30-37)40-18-10-20-44-42-16-5-7-22-46(42)51-48(40)44/h1-6,8-21,23-31,41,45H,7,22H2. The SMILES string of the molecule is C1=CC2Oc3c(-c4ccc(N(c5ccc(-c6cccc7c8c(oc67)CCC=C8)cc5)c5cccc(-c6ccccc6)c5)cc4)cccc3C2C=C1. The number of furan rings is 1. The summed E-state index contributed by atoms with van der Waals surface area (Å²) in [5.41, 5.74) is 13.6. The Morgan fingerprint density at radius 1 is 0.569 bits per heavy atom. The van der Waals surface area contributed by atoms with E-state index >= 15 is 0 Å². The first-order valence-electron chi connectivity index (χ1n) is 17.8. The first kappa shape index (κ1) is 29.6. The Morgan fingerprint density at radius 2 is 1.27 bits per heavy atom. The van der Waals surface area contributed by atoms with E-state index in [1.165, 1.54) is 27.6 Å². The molecule has 2 atom stereocenters. The minimum Gasteiger partial charge on any atom is -0.484 e. The maximum Gasteiger partial charge on any atom is 0.142 e. The Kier molecular flexibility index (Phi) is 7.09. The second-order valence-corrected chi connectivity index (χ2v) is 13.5. The molecule has 2 heterocycles. The van der Waals surface area contributed by atoms with E-state index in [9.17, 15) is 0 Å². The fourth-order valence-corrected chi connectivity index (χ4v) is 7.97. The van der Waals surface area contributed by atoms with Crippen LogP contribution in [-0.4, -0.2) is 6.10 Å². The van der Waals surface area contributed by atoms with Crippen LogP contribution >= 0.6 is 0 Å². The van der Waals surface area contributed by atoms with Gasteiger partial charge >= 0.3 is 0 Å². The molecule has 2 unspecified atom stereocenters. The van der Waals surface area contributed by atoms with Crippen LogP contribution in [0.4, 0.5) is 17.1 Å². The number of para-hydroxylation sites is 2. The summed E-state index contributed by atoms with van der Waals surface area (Å²) in [7, 11) is 0. The normalized spacial score (nSPS) is 16.8. The third kappa shape index (κ3) is 5.13. The summed E-state index contributed by atoms with van der Waals surface area (Å²) in [6.07, 6.45) is 15.1. The summed E-state index contributed by atoms with van der Waals surface area (Å²) >= 11 is 0. The summed E-state index contributed by atoms with van der Waals surface area (Å²) in [6, 6.07) is 50.1. The second-order valence-electron chi connectivity index (χ2n) is 13.5. The number of anilines is 3. The van der Waals surface area contributed by atoms with Gasteiger partial charge in [0.05, 0.1) is 0 Å². The average Bonchev–Trinajstić information content (AvgIpc) is 3.78. The van der Waals surface area contributed by atoms with Gasteiger partial charge in [0.1, 0.15) is 23.2 Å². The highest BCUT2D eigenvalue weighted by atomic mass is 16.5. The van der Waals surface area contributed by atoms with E-state index in [-0.39, 0.29) is 12.0 Å². The molecule has 0 N–H and O–H groups in total. The van der Waals surface area contributed by atoms with Crippen molar-refractivity contribution in [3.63, 3.8) is 0 Å². The van der Waals surface area contributed by atoms with Crippen molar-refractivity contribution in [2.24, 2.45) is 0 Å². The summed E-state index contributed by atoms with van der Waals surface area (Å²) in [4.78, 5) is 2.34. The number of nitrogens with zero attached hydrogens (tertiary/aromatic N) is 1. The number of benzene rings is 6. The minimum atomic E-state index is 0.0581. The monoisotopic (exact) mass is 657 g/mol. The van der Waals surface area contributed by atoms with Crippen molar-refractivity contribution in [3.8, 4) is 39.1 Å². The topological polar surface area (TPSA) is 25.6 Å². The fourth-order valence-electron chi connectivity index (χ4n) is 7.97. The lowest BCUT2D eigenvalue weighted by atomic mass is 9.90. The summed E-state index contributed by atoms with van der Waals surface area (Å²) < 4.78 is 13.0. The molecule has 0 spiro atoms. The Balaban J connectivity index is 1.05. The lowest BCUT2D eigenvalue weighted by molar-refractivity contribution is 0.270. The van der Waals surface area contributed by atoms with Crippen LogP contribution in [0.1, 0.15) is 29.2 Å². The van der Waals surface area contributed by atoms with E-state index in [0.29, 0.717) is 0 Å². The number of fused-ring (bicyclic) bond motifs is 6. The highest BCUT2D eigenvalue weighted by Crippen LogP contribution is 2.47. The minimum absolute atomic E-state index is 0.0581. The lowest BCUT2D eigenvalue weighted by Gasteiger charge is -2.26. The van der Waals surface area contributed by atoms with Crippen LogP contribution in [0.2, 0.25) is 0 Å². The van der Waals surface area contributed by atoms with Crippen LogP contribution < -0.4 is 9.64 Å². The van der Waals surface area contributed by atoms with Crippen LogP contribution in [0.3, 0.4) is 0 Å². The third-order valence-electron chi connectivity index (χ3n) is 10.5. The van der Waals surface area contributed by atoms with Crippen molar-refractivity contribution >= 4 is 34.1 Å². The molecule has 0 saturated heterocycles. The van der Waals surface area contributed by atoms with Gasteiger partial charge in [0.2, 0.25) is 0 Å². The van der Waals surface area contributed by atoms with Gasteiger partial charge in [-0.3, -0.25) is 0 Å². The highest BCUT2D eigenvalue weighted by Gasteiger charge is 2.33. The maximum absolute atomic E-state index is 6.51. The van der Waals surface area contributed by atoms with Gasteiger partial charge in [-0.05, 0) is 71.1 Å². The third-order valence-corrected chi connectivity index (χ3v) is 10.5. The van der Waals surface area contributed by atoms with Crippen LogP contribution in [0.25, 0.3) is 50.4 Å². The molecule has 2 aliphatic carbocycles. The number of allylic oxidation sites excluding steroid dienone is 3. The second kappa shape index (κ2) is 12.2. The van der Waals surface area contributed by atoms with Crippen molar-refractivity contribution < 1.29 is 9.15 Å². The highest BCUT2D eigenvalue weighted by molar-refractivity contribution is 5.98. The van der Waals surface area contributed by atoms with E-state index < -0.39 is 0 Å². The molecule has 3 heteroatoms. The van der Waals surface area contributed by atoms with Crippen molar-refractivity contribution in [1.29, 1.82) is 0 Å². The fraction of sp³-hybridized carbons (Fsp3) is 0.0833. The van der Waals surface area contributed by atoms with E-state index in [1.54, 1.807) is 0 Å². The van der Waals surface area contributed by atoms with Gasteiger partial charge in [0.15, 0.2) is 0 Å². The van der Waals surface area contributed by atoms with Crippen molar-refractivity contribution in [2.75, 3.05) is 4.90 Å². The molecule has 0 fully saturated rings. The quantitative estimate of drug-likeness (QED) is 0.178. The van der Waals surface area contributed by atoms with Crippen molar-refractivity contribution in [1.82, 2.24) is 0 Å². The zero-order valence-electron chi connectivity index (χ0n) is 28.1. The molecular formula is C48H35NO2. The molecule has 3 nitrogen and oxygen atoms in total. The average molecular weight is 658 g/mol. The van der Waals surface area contributed by atoms with Crippen LogP contribution in [0, 0.1) is 0 Å². The molecule has 1 aliphatic heterocycles. The van der Waals surface area contributed by atoms with E-state index in [2.05, 4.69) is 181 Å². The first-order chi connectivity index (χ1) is 25.3. The molecule has 10 rings (SSSR count). The van der Waals surface area contributed by atoms with Crippen LogP contribution in [0.5, 0.6) is 5.75 Å². The van der Waals surface area contributed by atoms with E-state index in [0.717, 1.165) is 69.3 Å². The van der Waals surface area contributed by atoms with Gasteiger partial charge in [-0.1, -0.05) is 134 Å². The van der Waals surface area contributed by atoms with Crippen LogP contribution in [0.15, 0.2) is 174 Å². The van der Waals surface area contributed by atoms with E-state index in [1.807, 2.05) is 0 Å². The summed E-state index contributed by atoms with van der Waals surface area (Å²) in [6.45, 7) is 0. The summed E-state index contributed by atoms with van der Waals surface area (Å²) in [5.74, 6) is 2.34. The number of ether oxygens (including phenoxy) is 1. The van der Waals surface area contributed by atoms with Crippen LogP contribution in [-0.2, 0) is 6.42 Å². The van der Waals surface area contributed by atoms with Crippen molar-refractivity contribution in [2.45, 2.75) is 24.9 Å². The first-order valence-corrected chi connectivity index (χ1v) is 17.8. The van der Waals surface area contributed by atoms with E-state index in [4.69, 9.17) is 9.15 Å². The Bertz CT molecular complexity index is 2500. The molecule has 0 bridgehead atoms. The summed E-state index contributed by atoms with van der Waals surface area (Å²) in [5, 5.41) is 1.18. The largest absolute Gasteiger partial charge is 0.484 e. The molecule has 0 amide bonds. The number of rotatable bonds is 6. The van der Waals surface area contributed by atoms with Gasteiger partial charge in [-0.25, -0.2) is 0 Å². The number of hydrogen-bond donors (Lipinski definition) is 0. The van der Waals surface area contributed by atoms with Gasteiger partial charge < -0.3 is 14.1 Å². The maximum atomic E-state index is 6.51. The number of aryl methyl sites for hydroxylation is 1. The van der Waals surface area contributed by atoms with Gasteiger partial charge in [0.25, 0.3) is 0 Å². The molecule has 0 radical (unpaired) electrons. The molecule has 3 aliphatic rings. The molecule has 244 valence electrons. The van der Waals surface area contributed by atoms with Gasteiger partial charge in [0, 0.05) is 57.0 Å². The molecule has 7 aromatic rings. The molecule has 6 aromatic carbocycles. The Morgan fingerprint density at radius 3 is 2.10 bits per heavy atom. The molecule has 1 aromatic heterocycles. The van der Waals surface area contributed by atoms with Gasteiger partial charge in [-0.15, -0.1) is 0 Å². The molecular weight excluding hydrogens is 623 g/mol. The Hall–Kier alpha value is -6.32. The zero-order valence-corrected chi connectivity index (χ0v) is 28.1. The Labute approximate surface area is 298 Å². The molecule has 51 heavy (non-hydrogen) atoms. The number of hydrogen-bond acceptors (Lipinski definition) is 3. The predicted molar refractivity (Wildman–Crippen MR) is 210 cm³/mol. The molecule has 0 saturated carbocycles. The smallest absolute Gasteiger partial charge is 0.142 e. The zero-order chi connectivity index (χ0) is 33.7. The predicted octanol–water partition coefficient (Wildman–Crippen LogP) is 12.8. The van der Waals surface area contributed by atoms with Crippen molar-refractivity contribution in [3.05, 3.63) is 187 Å². The lowest BCUT2D eigenvalue weighted by Crippen LogP contribution is -2.15. The van der Waals surface area contributed by atoms with Gasteiger partial charge in [-0.2, -0.15) is 0 Å².